The summed E-state index contributed by atoms with van der Waals surface area (Å²) in [5, 5.41) is 9.51. The van der Waals surface area contributed by atoms with Gasteiger partial charge in [0.2, 0.25) is 0 Å². The van der Waals surface area contributed by atoms with Crippen molar-refractivity contribution in [2.45, 2.75) is 25.2 Å². The Morgan fingerprint density at radius 3 is 2.55 bits per heavy atom. The summed E-state index contributed by atoms with van der Waals surface area (Å²) in [6.45, 7) is 4.00. The maximum atomic E-state index is 11.6. The van der Waals surface area contributed by atoms with Crippen molar-refractivity contribution in [1.29, 1.82) is 0 Å². The lowest BCUT2D eigenvalue weighted by Gasteiger charge is -2.21. The van der Waals surface area contributed by atoms with Crippen LogP contribution in [0.1, 0.15) is 22.1 Å². The number of carboxylic acid groups (broad SMARTS) is 1. The Morgan fingerprint density at radius 2 is 1.83 bits per heavy atom. The van der Waals surface area contributed by atoms with Crippen LogP contribution in [0.3, 0.4) is 0 Å². The van der Waals surface area contributed by atoms with Crippen molar-refractivity contribution in [1.82, 2.24) is 14.5 Å². The van der Waals surface area contributed by atoms with Crippen molar-refractivity contribution in [3.05, 3.63) is 54.0 Å². The lowest BCUT2D eigenvalue weighted by atomic mass is 10.2. The van der Waals surface area contributed by atoms with Crippen molar-refractivity contribution in [3.8, 4) is 0 Å². The molecule has 3 aromatic rings. The van der Waals surface area contributed by atoms with E-state index in [1.807, 2.05) is 42.4 Å². The zero-order valence-corrected chi connectivity index (χ0v) is 16.1. The maximum Gasteiger partial charge on any atom is 0.339 e. The molecule has 2 aliphatic rings. The van der Waals surface area contributed by atoms with Gasteiger partial charge >= 0.3 is 5.97 Å². The number of rotatable bonds is 3. The fraction of sp³-hybridized carbons (Fsp3) is 0.381. The summed E-state index contributed by atoms with van der Waals surface area (Å²) in [6.07, 6.45) is 1.59. The summed E-state index contributed by atoms with van der Waals surface area (Å²) in [4.78, 5) is 22.5. The minimum atomic E-state index is -0.978. The molecule has 0 amide bonds. The smallest absolute Gasteiger partial charge is 0.339 e. The second-order valence-electron chi connectivity index (χ2n) is 7.57. The van der Waals surface area contributed by atoms with Gasteiger partial charge in [-0.3, -0.25) is 0 Å². The van der Waals surface area contributed by atoms with Gasteiger partial charge in [-0.1, -0.05) is 12.1 Å². The van der Waals surface area contributed by atoms with Crippen molar-refractivity contribution >= 4 is 22.8 Å². The highest BCUT2D eigenvalue weighted by Crippen LogP contribution is 2.30. The molecule has 2 aromatic heterocycles. The van der Waals surface area contributed by atoms with Crippen molar-refractivity contribution in [2.75, 3.05) is 31.2 Å². The summed E-state index contributed by atoms with van der Waals surface area (Å²) in [7, 11) is 0. The fourth-order valence-electron chi connectivity index (χ4n) is 4.14. The Balaban J connectivity index is 1.34. The Kier molecular flexibility index (Phi) is 4.44. The predicted molar refractivity (Wildman–Crippen MR) is 106 cm³/mol. The molecular formula is C21H22N4O4. The third-order valence-corrected chi connectivity index (χ3v) is 5.64. The number of pyridine rings is 1. The van der Waals surface area contributed by atoms with E-state index in [9.17, 15) is 9.90 Å². The molecule has 2 aliphatic heterocycles. The van der Waals surface area contributed by atoms with E-state index in [4.69, 9.17) is 9.47 Å². The Labute approximate surface area is 167 Å². The summed E-state index contributed by atoms with van der Waals surface area (Å²) < 4.78 is 14.5. The van der Waals surface area contributed by atoms with Crippen LogP contribution in [0.4, 0.5) is 5.82 Å². The lowest BCUT2D eigenvalue weighted by molar-refractivity contribution is -0.00461. The molecule has 150 valence electrons. The van der Waals surface area contributed by atoms with E-state index in [1.54, 1.807) is 12.1 Å². The van der Waals surface area contributed by atoms with Crippen molar-refractivity contribution in [2.24, 2.45) is 0 Å². The van der Waals surface area contributed by atoms with E-state index in [0.717, 1.165) is 16.7 Å². The van der Waals surface area contributed by atoms with Crippen LogP contribution >= 0.6 is 0 Å². The minimum absolute atomic E-state index is 0.0492. The Morgan fingerprint density at radius 1 is 1.10 bits per heavy atom. The Hall–Kier alpha value is -2.97. The van der Waals surface area contributed by atoms with Crippen molar-refractivity contribution < 1.29 is 19.4 Å². The molecule has 0 spiro atoms. The van der Waals surface area contributed by atoms with Gasteiger partial charge in [0, 0.05) is 18.8 Å². The number of hydrogen-bond acceptors (Lipinski definition) is 6. The average molecular weight is 394 g/mol. The molecular weight excluding hydrogens is 372 g/mol. The van der Waals surface area contributed by atoms with E-state index in [1.165, 1.54) is 0 Å². The molecule has 4 heterocycles. The van der Waals surface area contributed by atoms with Gasteiger partial charge in [0.1, 0.15) is 23.6 Å². The summed E-state index contributed by atoms with van der Waals surface area (Å²) in [5.74, 6) is -0.497. The number of aryl methyl sites for hydroxylation is 1. The first kappa shape index (κ1) is 18.1. The number of anilines is 1. The van der Waals surface area contributed by atoms with E-state index >= 15 is 0 Å². The van der Waals surface area contributed by atoms with Crippen molar-refractivity contribution in [3.63, 3.8) is 0 Å². The number of hydrogen-bond donors (Lipinski definition) is 1. The van der Waals surface area contributed by atoms with Crippen LogP contribution in [0.2, 0.25) is 0 Å². The van der Waals surface area contributed by atoms with Gasteiger partial charge in [0.25, 0.3) is 0 Å². The van der Waals surface area contributed by atoms with Gasteiger partial charge in [-0.25, -0.2) is 14.8 Å². The third kappa shape index (κ3) is 3.24. The first-order valence-electron chi connectivity index (χ1n) is 9.71. The number of aromatic carboxylic acids is 1. The minimum Gasteiger partial charge on any atom is -0.478 e. The number of benzene rings is 1. The van der Waals surface area contributed by atoms with Crippen LogP contribution in [0, 0.1) is 6.92 Å². The number of ether oxygens (including phenoxy) is 2. The van der Waals surface area contributed by atoms with Gasteiger partial charge in [-0.05, 0) is 31.2 Å². The summed E-state index contributed by atoms with van der Waals surface area (Å²) >= 11 is 0. The topological polar surface area (TPSA) is 89.7 Å². The van der Waals surface area contributed by atoms with Gasteiger partial charge < -0.3 is 24.0 Å². The van der Waals surface area contributed by atoms with Gasteiger partial charge in [0.15, 0.2) is 0 Å². The number of fused-ring (bicyclic) bond motifs is 2. The number of para-hydroxylation sites is 2. The zero-order chi connectivity index (χ0) is 20.0. The fourth-order valence-corrected chi connectivity index (χ4v) is 4.14. The first-order chi connectivity index (χ1) is 14.1. The van der Waals surface area contributed by atoms with Crippen LogP contribution < -0.4 is 4.90 Å². The summed E-state index contributed by atoms with van der Waals surface area (Å²) in [5.41, 5.74) is 3.00. The monoisotopic (exact) mass is 394 g/mol. The second-order valence-corrected chi connectivity index (χ2v) is 7.57. The number of carboxylic acids is 1. The number of aromatic nitrogens is 3. The molecule has 5 rings (SSSR count). The number of imidazole rings is 1. The van der Waals surface area contributed by atoms with Crippen LogP contribution in [-0.4, -0.2) is 64.1 Å². The van der Waals surface area contributed by atoms with Crippen LogP contribution in [0.15, 0.2) is 42.7 Å². The number of nitrogens with zero attached hydrogens (tertiary/aromatic N) is 4. The highest BCUT2D eigenvalue weighted by atomic mass is 16.6. The molecule has 2 saturated heterocycles. The van der Waals surface area contributed by atoms with Gasteiger partial charge in [-0.2, -0.15) is 0 Å². The molecule has 2 atom stereocenters. The van der Waals surface area contributed by atoms with Crippen LogP contribution in [0.5, 0.6) is 0 Å². The van der Waals surface area contributed by atoms with Crippen LogP contribution in [0.25, 0.3) is 11.0 Å². The van der Waals surface area contributed by atoms with E-state index in [-0.39, 0.29) is 23.8 Å². The molecule has 0 radical (unpaired) electrons. The molecule has 2 fully saturated rings. The first-order valence-corrected chi connectivity index (χ1v) is 9.71. The molecule has 29 heavy (non-hydrogen) atoms. The van der Waals surface area contributed by atoms with Gasteiger partial charge in [0.05, 0.1) is 36.6 Å². The molecule has 0 unspecified atom stereocenters. The third-order valence-electron chi connectivity index (χ3n) is 5.64. The predicted octanol–water partition coefficient (Wildman–Crippen LogP) is 2.28. The standard InChI is InChI=1S/C21H22N4O4/c1-13-6-7-15(21(26)27)20(23-13)24-8-18-19(9-24)29-11-14(10-28-18)25-12-22-16-4-2-3-5-17(16)25/h2-7,12,14,18-19H,8-11H2,1H3,(H,26,27)/t18-,19-/m0/s1. The average Bonchev–Trinajstić information content (AvgIpc) is 3.28. The highest BCUT2D eigenvalue weighted by molar-refractivity contribution is 5.93. The normalized spacial score (nSPS) is 22.6. The highest BCUT2D eigenvalue weighted by Gasteiger charge is 2.39. The zero-order valence-electron chi connectivity index (χ0n) is 16.1. The van der Waals surface area contributed by atoms with Crippen LogP contribution in [-0.2, 0) is 9.47 Å². The molecule has 0 aliphatic carbocycles. The Bertz CT molecular complexity index is 1050. The second kappa shape index (κ2) is 7.13. The molecule has 0 saturated carbocycles. The molecule has 8 nitrogen and oxygen atoms in total. The molecule has 1 N–H and O–H groups in total. The quantitative estimate of drug-likeness (QED) is 0.729. The molecule has 0 bridgehead atoms. The molecule has 8 heteroatoms. The maximum absolute atomic E-state index is 11.6. The van der Waals surface area contributed by atoms with E-state index in [0.29, 0.717) is 32.1 Å². The van der Waals surface area contributed by atoms with E-state index in [2.05, 4.69) is 14.5 Å². The lowest BCUT2D eigenvalue weighted by Crippen LogP contribution is -2.27. The van der Waals surface area contributed by atoms with Gasteiger partial charge in [-0.15, -0.1) is 0 Å². The molecule has 1 aromatic carbocycles. The SMILES string of the molecule is Cc1ccc(C(=O)O)c(N2C[C@@H]3OCC(n4cnc5ccccc54)CO[C@H]3C2)n1. The summed E-state index contributed by atoms with van der Waals surface area (Å²) in [6, 6.07) is 11.4. The number of carbonyl (C=O) groups is 1. The van der Waals surface area contributed by atoms with E-state index < -0.39 is 5.97 Å². The largest absolute Gasteiger partial charge is 0.478 e.